The largest absolute Gasteiger partial charge is 0.350 e. The van der Waals surface area contributed by atoms with E-state index in [1.165, 1.54) is 24.0 Å². The Labute approximate surface area is 119 Å². The van der Waals surface area contributed by atoms with Gasteiger partial charge in [0.15, 0.2) is 0 Å². The highest BCUT2D eigenvalue weighted by molar-refractivity contribution is 5.33. The Morgan fingerprint density at radius 1 is 1.40 bits per heavy atom. The molecule has 1 fully saturated rings. The van der Waals surface area contributed by atoms with Crippen LogP contribution in [0.1, 0.15) is 35.6 Å². The van der Waals surface area contributed by atoms with Crippen LogP contribution in [-0.4, -0.2) is 11.6 Å². The molecule has 1 atom stereocenters. The Bertz CT molecular complexity index is 632. The summed E-state index contributed by atoms with van der Waals surface area (Å²) in [7, 11) is 2.04. The van der Waals surface area contributed by atoms with Gasteiger partial charge >= 0.3 is 0 Å². The summed E-state index contributed by atoms with van der Waals surface area (Å²) in [6.07, 6.45) is 7.02. The van der Waals surface area contributed by atoms with Gasteiger partial charge in [-0.25, -0.2) is 0 Å². The molecule has 3 nitrogen and oxygen atoms in total. The zero-order chi connectivity index (χ0) is 13.9. The van der Waals surface area contributed by atoms with Gasteiger partial charge in [-0.2, -0.15) is 5.26 Å². The molecule has 1 unspecified atom stereocenters. The molecular formula is C17H19N3. The first-order valence-electron chi connectivity index (χ1n) is 7.12. The second kappa shape index (κ2) is 5.52. The summed E-state index contributed by atoms with van der Waals surface area (Å²) in [6.45, 7) is 0.816. The summed E-state index contributed by atoms with van der Waals surface area (Å²) in [5.41, 5.74) is 3.26. The lowest BCUT2D eigenvalue weighted by Crippen LogP contribution is -2.17. The molecular weight excluding hydrogens is 246 g/mol. The third-order valence-electron chi connectivity index (χ3n) is 3.96. The number of aromatic nitrogens is 1. The van der Waals surface area contributed by atoms with Crippen molar-refractivity contribution >= 4 is 0 Å². The van der Waals surface area contributed by atoms with E-state index < -0.39 is 0 Å². The monoisotopic (exact) mass is 265 g/mol. The van der Waals surface area contributed by atoms with Crippen LogP contribution in [0.15, 0.2) is 42.7 Å². The van der Waals surface area contributed by atoms with E-state index in [4.69, 9.17) is 5.26 Å². The van der Waals surface area contributed by atoms with Crippen LogP contribution >= 0.6 is 0 Å². The van der Waals surface area contributed by atoms with Gasteiger partial charge in [-0.1, -0.05) is 12.1 Å². The zero-order valence-corrected chi connectivity index (χ0v) is 11.7. The van der Waals surface area contributed by atoms with E-state index in [9.17, 15) is 0 Å². The predicted octanol–water partition coefficient (Wildman–Crippen LogP) is 3.08. The van der Waals surface area contributed by atoms with Crippen LogP contribution in [0.2, 0.25) is 0 Å². The van der Waals surface area contributed by atoms with Crippen molar-refractivity contribution in [3.63, 3.8) is 0 Å². The minimum Gasteiger partial charge on any atom is -0.350 e. The third-order valence-corrected chi connectivity index (χ3v) is 3.96. The lowest BCUT2D eigenvalue weighted by atomic mass is 10.1. The summed E-state index contributed by atoms with van der Waals surface area (Å²) < 4.78 is 2.19. The molecule has 20 heavy (non-hydrogen) atoms. The van der Waals surface area contributed by atoms with Crippen LogP contribution in [0.4, 0.5) is 0 Å². The number of nitrogens with zero attached hydrogens (tertiary/aromatic N) is 2. The highest BCUT2D eigenvalue weighted by Gasteiger charge is 2.31. The van der Waals surface area contributed by atoms with Gasteiger partial charge in [0, 0.05) is 25.0 Å². The molecule has 1 aliphatic carbocycles. The van der Waals surface area contributed by atoms with Crippen LogP contribution in [0.3, 0.4) is 0 Å². The van der Waals surface area contributed by atoms with Gasteiger partial charge in [0.2, 0.25) is 0 Å². The molecule has 1 heterocycles. The molecule has 0 saturated heterocycles. The smallest absolute Gasteiger partial charge is 0.0991 e. The molecule has 1 N–H and O–H groups in total. The van der Waals surface area contributed by atoms with Crippen molar-refractivity contribution in [3.05, 3.63) is 59.4 Å². The molecule has 2 aromatic rings. The fourth-order valence-corrected chi connectivity index (χ4v) is 2.80. The standard InChI is InChI=1S/C17H19N3/c1-19-17(15-5-6-15)16-7-8-20(12-16)11-14-4-2-3-13(9-14)10-18/h2-4,7-9,12,15,17,19H,5-6,11H2,1H3. The summed E-state index contributed by atoms with van der Waals surface area (Å²) in [5.74, 6) is 0.803. The Balaban J connectivity index is 1.75. The number of nitrogens with one attached hydrogen (secondary N) is 1. The van der Waals surface area contributed by atoms with Gasteiger partial charge in [0.25, 0.3) is 0 Å². The summed E-state index contributed by atoms with van der Waals surface area (Å²) in [6, 6.07) is 12.7. The number of hydrogen-bond donors (Lipinski definition) is 1. The van der Waals surface area contributed by atoms with Crippen molar-refractivity contribution in [1.82, 2.24) is 9.88 Å². The Morgan fingerprint density at radius 2 is 2.25 bits per heavy atom. The Morgan fingerprint density at radius 3 is 2.95 bits per heavy atom. The van der Waals surface area contributed by atoms with Crippen molar-refractivity contribution in [2.24, 2.45) is 5.92 Å². The maximum absolute atomic E-state index is 8.94. The normalized spacial score (nSPS) is 15.8. The van der Waals surface area contributed by atoms with Crippen LogP contribution in [0.5, 0.6) is 0 Å². The van der Waals surface area contributed by atoms with Crippen molar-refractivity contribution in [1.29, 1.82) is 5.26 Å². The molecule has 0 radical (unpaired) electrons. The molecule has 1 saturated carbocycles. The fourth-order valence-electron chi connectivity index (χ4n) is 2.80. The van der Waals surface area contributed by atoms with Crippen molar-refractivity contribution in [2.45, 2.75) is 25.4 Å². The molecule has 0 aliphatic heterocycles. The number of hydrogen-bond acceptors (Lipinski definition) is 2. The molecule has 0 amide bonds. The molecule has 102 valence electrons. The van der Waals surface area contributed by atoms with E-state index in [0.29, 0.717) is 6.04 Å². The minimum absolute atomic E-state index is 0.488. The van der Waals surface area contributed by atoms with Gasteiger partial charge in [-0.3, -0.25) is 0 Å². The van der Waals surface area contributed by atoms with Gasteiger partial charge in [0.05, 0.1) is 11.6 Å². The molecule has 3 rings (SSSR count). The second-order valence-corrected chi connectivity index (χ2v) is 5.53. The van der Waals surface area contributed by atoms with Crippen molar-refractivity contribution in [3.8, 4) is 6.07 Å². The van der Waals surface area contributed by atoms with Crippen LogP contribution < -0.4 is 5.32 Å². The van der Waals surface area contributed by atoms with Gasteiger partial charge in [-0.05, 0) is 55.1 Å². The van der Waals surface area contributed by atoms with Crippen molar-refractivity contribution in [2.75, 3.05) is 7.05 Å². The quantitative estimate of drug-likeness (QED) is 0.902. The first kappa shape index (κ1) is 13.0. The molecule has 3 heteroatoms. The SMILES string of the molecule is CNC(c1ccn(Cc2cccc(C#N)c2)c1)C1CC1. The van der Waals surface area contributed by atoms with E-state index in [0.717, 1.165) is 18.0 Å². The van der Waals surface area contributed by atoms with E-state index in [-0.39, 0.29) is 0 Å². The van der Waals surface area contributed by atoms with Crippen molar-refractivity contribution < 1.29 is 0 Å². The van der Waals surface area contributed by atoms with Gasteiger partial charge in [-0.15, -0.1) is 0 Å². The minimum atomic E-state index is 0.488. The van der Waals surface area contributed by atoms with Gasteiger partial charge in [0.1, 0.15) is 0 Å². The highest BCUT2D eigenvalue weighted by atomic mass is 15.0. The van der Waals surface area contributed by atoms with E-state index in [1.807, 2.05) is 25.2 Å². The fraction of sp³-hybridized carbons (Fsp3) is 0.353. The van der Waals surface area contributed by atoms with E-state index >= 15 is 0 Å². The summed E-state index contributed by atoms with van der Waals surface area (Å²) in [4.78, 5) is 0. The van der Waals surface area contributed by atoms with Crippen LogP contribution in [-0.2, 0) is 6.54 Å². The lowest BCUT2D eigenvalue weighted by Gasteiger charge is -2.13. The number of rotatable bonds is 5. The first-order chi connectivity index (χ1) is 9.80. The second-order valence-electron chi connectivity index (χ2n) is 5.53. The first-order valence-corrected chi connectivity index (χ1v) is 7.12. The molecule has 0 spiro atoms. The Kier molecular flexibility index (Phi) is 3.58. The van der Waals surface area contributed by atoms with Crippen LogP contribution in [0, 0.1) is 17.2 Å². The number of nitriles is 1. The Hall–Kier alpha value is -2.05. The summed E-state index contributed by atoms with van der Waals surface area (Å²) >= 11 is 0. The summed E-state index contributed by atoms with van der Waals surface area (Å²) in [5, 5.41) is 12.4. The zero-order valence-electron chi connectivity index (χ0n) is 11.7. The topological polar surface area (TPSA) is 40.8 Å². The van der Waals surface area contributed by atoms with Crippen LogP contribution in [0.25, 0.3) is 0 Å². The molecule has 1 aliphatic rings. The number of benzene rings is 1. The predicted molar refractivity (Wildman–Crippen MR) is 79.2 cm³/mol. The maximum atomic E-state index is 8.94. The molecule has 0 bridgehead atoms. The van der Waals surface area contributed by atoms with E-state index in [1.54, 1.807) is 0 Å². The average molecular weight is 265 g/mol. The highest BCUT2D eigenvalue weighted by Crippen LogP contribution is 2.40. The molecule has 1 aromatic heterocycles. The maximum Gasteiger partial charge on any atom is 0.0991 e. The third kappa shape index (κ3) is 2.76. The molecule has 1 aromatic carbocycles. The van der Waals surface area contributed by atoms with Gasteiger partial charge < -0.3 is 9.88 Å². The van der Waals surface area contributed by atoms with E-state index in [2.05, 4.69) is 40.5 Å². The average Bonchev–Trinajstić information content (AvgIpc) is 3.20. The lowest BCUT2D eigenvalue weighted by molar-refractivity contribution is 0.528.